The zero-order valence-corrected chi connectivity index (χ0v) is 14.4. The molecule has 0 saturated carbocycles. The topological polar surface area (TPSA) is 86.8 Å². The van der Waals surface area contributed by atoms with Gasteiger partial charge in [-0.05, 0) is 19.3 Å². The Bertz CT molecular complexity index is 674. The zero-order valence-electron chi connectivity index (χ0n) is 14.4. The number of nitrogens with zero attached hydrogens (tertiary/aromatic N) is 4. The molecule has 7 heteroatoms. The smallest absolute Gasteiger partial charge is 0.322 e. The van der Waals surface area contributed by atoms with Gasteiger partial charge >= 0.3 is 6.03 Å². The Morgan fingerprint density at radius 1 is 1.25 bits per heavy atom. The molecule has 2 aromatic rings. The minimum atomic E-state index is -0.136. The first kappa shape index (κ1) is 16.4. The van der Waals surface area contributed by atoms with Gasteiger partial charge in [-0.3, -0.25) is 0 Å². The summed E-state index contributed by atoms with van der Waals surface area (Å²) in [6, 6.07) is -0.147. The van der Waals surface area contributed by atoms with E-state index < -0.39 is 0 Å². The predicted octanol–water partition coefficient (Wildman–Crippen LogP) is 3.26. The third kappa shape index (κ3) is 3.55. The number of urea groups is 1. The molecule has 3 rings (SSSR count). The number of amides is 2. The number of aromatic nitrogens is 4. The molecule has 0 spiro atoms. The number of hydrogen-bond donors (Lipinski definition) is 2. The summed E-state index contributed by atoms with van der Waals surface area (Å²) < 4.78 is 0. The molecule has 2 amide bonds. The summed E-state index contributed by atoms with van der Waals surface area (Å²) in [4.78, 5) is 30.7. The summed E-state index contributed by atoms with van der Waals surface area (Å²) >= 11 is 0. The lowest BCUT2D eigenvalue weighted by molar-refractivity contribution is 0.160. The van der Waals surface area contributed by atoms with E-state index in [2.05, 4.69) is 46.0 Å². The second-order valence-corrected chi connectivity index (χ2v) is 7.15. The highest BCUT2D eigenvalue weighted by atomic mass is 16.2. The van der Waals surface area contributed by atoms with Crippen LogP contribution in [0.25, 0.3) is 0 Å². The summed E-state index contributed by atoms with van der Waals surface area (Å²) in [6.45, 7) is 6.89. The Labute approximate surface area is 141 Å². The van der Waals surface area contributed by atoms with Crippen molar-refractivity contribution in [2.24, 2.45) is 0 Å². The average Bonchev–Trinajstić information content (AvgIpc) is 3.09. The van der Waals surface area contributed by atoms with Gasteiger partial charge in [-0.25, -0.2) is 19.7 Å². The highest BCUT2D eigenvalue weighted by Crippen LogP contribution is 2.29. The van der Waals surface area contributed by atoms with Crippen molar-refractivity contribution in [2.45, 2.75) is 51.5 Å². The Balaban J connectivity index is 1.71. The molecule has 1 aliphatic heterocycles. The fraction of sp³-hybridized carbons (Fsp3) is 0.529. The number of anilines is 1. The quantitative estimate of drug-likeness (QED) is 0.886. The minimum absolute atomic E-state index is 0.0106. The summed E-state index contributed by atoms with van der Waals surface area (Å²) in [5.41, 5.74) is 0.497. The molecule has 128 valence electrons. The Hall–Kier alpha value is -2.44. The summed E-state index contributed by atoms with van der Waals surface area (Å²) in [6.07, 6.45) is 9.86. The van der Waals surface area contributed by atoms with Crippen LogP contribution in [-0.4, -0.2) is 37.4 Å². The van der Waals surface area contributed by atoms with Crippen molar-refractivity contribution in [3.05, 3.63) is 36.4 Å². The van der Waals surface area contributed by atoms with Crippen LogP contribution in [0.5, 0.6) is 0 Å². The normalized spacial score (nSPS) is 18.5. The largest absolute Gasteiger partial charge is 0.347 e. The monoisotopic (exact) mass is 328 g/mol. The highest BCUT2D eigenvalue weighted by molar-refractivity contribution is 5.89. The van der Waals surface area contributed by atoms with Crippen LogP contribution in [0.1, 0.15) is 57.7 Å². The molecule has 1 fully saturated rings. The van der Waals surface area contributed by atoms with Gasteiger partial charge in [0.2, 0.25) is 0 Å². The number of aromatic amines is 1. The number of likely N-dealkylation sites (tertiary alicyclic amines) is 1. The van der Waals surface area contributed by atoms with Crippen LogP contribution in [0.4, 0.5) is 10.5 Å². The van der Waals surface area contributed by atoms with Gasteiger partial charge in [-0.15, -0.1) is 0 Å². The van der Waals surface area contributed by atoms with Crippen LogP contribution >= 0.6 is 0 Å². The molecule has 7 nitrogen and oxygen atoms in total. The Kier molecular flexibility index (Phi) is 4.51. The molecule has 1 aliphatic rings. The van der Waals surface area contributed by atoms with E-state index in [4.69, 9.17) is 0 Å². The van der Waals surface area contributed by atoms with E-state index in [0.29, 0.717) is 5.69 Å². The molecule has 24 heavy (non-hydrogen) atoms. The molecule has 1 saturated heterocycles. The van der Waals surface area contributed by atoms with Gasteiger partial charge in [0.1, 0.15) is 11.6 Å². The van der Waals surface area contributed by atoms with Crippen LogP contribution in [0.2, 0.25) is 0 Å². The maximum atomic E-state index is 12.7. The van der Waals surface area contributed by atoms with Crippen molar-refractivity contribution in [3.8, 4) is 0 Å². The second-order valence-electron chi connectivity index (χ2n) is 7.15. The molecule has 2 aromatic heterocycles. The van der Waals surface area contributed by atoms with Crippen LogP contribution < -0.4 is 5.32 Å². The second kappa shape index (κ2) is 6.59. The van der Waals surface area contributed by atoms with Crippen molar-refractivity contribution in [1.82, 2.24) is 24.8 Å². The van der Waals surface area contributed by atoms with Crippen LogP contribution in [0, 0.1) is 0 Å². The maximum absolute atomic E-state index is 12.7. The third-order valence-electron chi connectivity index (χ3n) is 4.17. The number of piperidine rings is 1. The van der Waals surface area contributed by atoms with Crippen molar-refractivity contribution in [3.63, 3.8) is 0 Å². The van der Waals surface area contributed by atoms with Gasteiger partial charge in [-0.2, -0.15) is 0 Å². The number of carbonyl (C=O) groups is 1. The van der Waals surface area contributed by atoms with Crippen molar-refractivity contribution >= 4 is 11.7 Å². The maximum Gasteiger partial charge on any atom is 0.322 e. The van der Waals surface area contributed by atoms with Gasteiger partial charge in [0.15, 0.2) is 0 Å². The van der Waals surface area contributed by atoms with E-state index in [1.807, 2.05) is 4.90 Å². The van der Waals surface area contributed by atoms with Gasteiger partial charge in [-0.1, -0.05) is 20.8 Å². The average molecular weight is 328 g/mol. The number of rotatable bonds is 2. The van der Waals surface area contributed by atoms with Gasteiger partial charge in [0, 0.05) is 24.4 Å². The van der Waals surface area contributed by atoms with Crippen LogP contribution in [0.15, 0.2) is 24.8 Å². The Morgan fingerprint density at radius 3 is 2.62 bits per heavy atom. The van der Waals surface area contributed by atoms with E-state index in [9.17, 15) is 4.79 Å². The first-order chi connectivity index (χ1) is 11.4. The number of H-pyrrole nitrogens is 1. The SMILES string of the molecule is CC(C)(C)c1ncc(NC(=O)N2CCCC[C@@H]2c2ncc[nH]2)cn1. The van der Waals surface area contributed by atoms with E-state index in [-0.39, 0.29) is 17.5 Å². The molecule has 3 heterocycles. The van der Waals surface area contributed by atoms with Gasteiger partial charge in [0.05, 0.1) is 24.1 Å². The molecule has 0 aromatic carbocycles. The van der Waals surface area contributed by atoms with E-state index in [0.717, 1.165) is 37.5 Å². The molecule has 2 N–H and O–H groups in total. The molecule has 0 bridgehead atoms. The minimum Gasteiger partial charge on any atom is -0.347 e. The lowest BCUT2D eigenvalue weighted by atomic mass is 9.96. The number of imidazole rings is 1. The van der Waals surface area contributed by atoms with E-state index >= 15 is 0 Å². The lowest BCUT2D eigenvalue weighted by Gasteiger charge is -2.34. The standard InChI is InChI=1S/C17H24N6O/c1-17(2,3)15-20-10-12(11-21-15)22-16(24)23-9-5-4-6-13(23)14-18-7-8-19-14/h7-8,10-11,13H,4-6,9H2,1-3H3,(H,18,19)(H,22,24)/t13-/m1/s1. The number of carbonyl (C=O) groups excluding carboxylic acids is 1. The van der Waals surface area contributed by atoms with Crippen molar-refractivity contribution in [1.29, 1.82) is 0 Å². The summed E-state index contributed by atoms with van der Waals surface area (Å²) in [5, 5.41) is 2.90. The Morgan fingerprint density at radius 2 is 2.00 bits per heavy atom. The molecule has 0 unspecified atom stereocenters. The molecule has 1 atom stereocenters. The zero-order chi connectivity index (χ0) is 17.2. The van der Waals surface area contributed by atoms with E-state index in [1.165, 1.54) is 0 Å². The van der Waals surface area contributed by atoms with Crippen LogP contribution in [0.3, 0.4) is 0 Å². The predicted molar refractivity (Wildman–Crippen MR) is 91.6 cm³/mol. The first-order valence-corrected chi connectivity index (χ1v) is 8.34. The molecular formula is C17H24N6O. The first-order valence-electron chi connectivity index (χ1n) is 8.34. The van der Waals surface area contributed by atoms with Crippen LogP contribution in [-0.2, 0) is 5.41 Å². The number of hydrogen-bond acceptors (Lipinski definition) is 4. The highest BCUT2D eigenvalue weighted by Gasteiger charge is 2.29. The molecule has 0 radical (unpaired) electrons. The fourth-order valence-corrected chi connectivity index (χ4v) is 2.89. The fourth-order valence-electron chi connectivity index (χ4n) is 2.89. The van der Waals surface area contributed by atoms with Gasteiger partial charge < -0.3 is 15.2 Å². The van der Waals surface area contributed by atoms with E-state index in [1.54, 1.807) is 24.8 Å². The lowest BCUT2D eigenvalue weighted by Crippen LogP contribution is -2.41. The summed E-state index contributed by atoms with van der Waals surface area (Å²) in [7, 11) is 0. The molecular weight excluding hydrogens is 304 g/mol. The molecule has 0 aliphatic carbocycles. The van der Waals surface area contributed by atoms with Crippen molar-refractivity contribution in [2.75, 3.05) is 11.9 Å². The summed E-state index contributed by atoms with van der Waals surface area (Å²) in [5.74, 6) is 1.59. The number of nitrogens with one attached hydrogen (secondary N) is 2. The third-order valence-corrected chi connectivity index (χ3v) is 4.17. The van der Waals surface area contributed by atoms with Gasteiger partial charge in [0.25, 0.3) is 0 Å². The van der Waals surface area contributed by atoms with Crippen molar-refractivity contribution < 1.29 is 4.79 Å².